The number of nitrogens with zero attached hydrogens (tertiary/aromatic N) is 4. The lowest BCUT2D eigenvalue weighted by atomic mass is 10.3. The van der Waals surface area contributed by atoms with Crippen molar-refractivity contribution in [2.75, 3.05) is 24.2 Å². The molecule has 0 aromatic carbocycles. The minimum Gasteiger partial charge on any atom is -0.369 e. The Morgan fingerprint density at radius 1 is 1.30 bits per heavy atom. The van der Waals surface area contributed by atoms with Gasteiger partial charge in [0.05, 0.1) is 5.39 Å². The summed E-state index contributed by atoms with van der Waals surface area (Å²) in [6.45, 7) is 2.48. The molecule has 0 aliphatic heterocycles. The van der Waals surface area contributed by atoms with Gasteiger partial charge in [-0.15, -0.1) is 11.3 Å². The molecule has 3 aromatic rings. The molecule has 0 saturated carbocycles. The molecule has 0 saturated heterocycles. The number of hydrogen-bond donors (Lipinski definition) is 2. The topological polar surface area (TPSA) is 88.8 Å². The van der Waals surface area contributed by atoms with Gasteiger partial charge in [0, 0.05) is 20.0 Å². The van der Waals surface area contributed by atoms with Crippen molar-refractivity contribution < 1.29 is 4.52 Å². The smallest absolute Gasteiger partial charge is 0.228 e. The van der Waals surface area contributed by atoms with Crippen molar-refractivity contribution in [3.63, 3.8) is 0 Å². The van der Waals surface area contributed by atoms with Crippen LogP contribution in [0.2, 0.25) is 0 Å². The van der Waals surface area contributed by atoms with E-state index in [0.717, 1.165) is 16.0 Å². The summed E-state index contributed by atoms with van der Waals surface area (Å²) in [7, 11) is 1.81. The van der Waals surface area contributed by atoms with E-state index in [4.69, 9.17) is 4.52 Å². The van der Waals surface area contributed by atoms with Gasteiger partial charge in [0.1, 0.15) is 10.6 Å². The Morgan fingerprint density at radius 3 is 2.95 bits per heavy atom. The first-order valence-electron chi connectivity index (χ1n) is 6.22. The Morgan fingerprint density at radius 2 is 2.20 bits per heavy atom. The molecular formula is C12H14N6OS. The average Bonchev–Trinajstić information content (AvgIpc) is 3.07. The predicted molar refractivity (Wildman–Crippen MR) is 78.2 cm³/mol. The largest absolute Gasteiger partial charge is 0.369 e. The number of anilines is 2. The monoisotopic (exact) mass is 290 g/mol. The van der Waals surface area contributed by atoms with Gasteiger partial charge in [-0.05, 0) is 18.4 Å². The molecule has 0 atom stereocenters. The zero-order valence-electron chi connectivity index (χ0n) is 11.2. The van der Waals surface area contributed by atoms with E-state index < -0.39 is 0 Å². The minimum atomic E-state index is 0.607. The first-order valence-corrected chi connectivity index (χ1v) is 7.10. The van der Waals surface area contributed by atoms with E-state index in [-0.39, 0.29) is 0 Å². The average molecular weight is 290 g/mol. The fourth-order valence-corrected chi connectivity index (χ4v) is 2.60. The predicted octanol–water partition coefficient (Wildman–Crippen LogP) is 2.08. The van der Waals surface area contributed by atoms with Crippen molar-refractivity contribution in [2.24, 2.45) is 0 Å². The van der Waals surface area contributed by atoms with Crippen molar-refractivity contribution in [2.45, 2.75) is 13.3 Å². The number of aryl methyl sites for hydroxylation is 1. The molecule has 0 bridgehead atoms. The first-order chi connectivity index (χ1) is 9.76. The standard InChI is InChI=1S/C12H14N6OS/c1-7-15-9(19-18-7)3-5-14-10-8-4-6-20-11(8)17-12(13-2)16-10/h4,6H,3,5H2,1-2H3,(H2,13,14,16,17). The fourth-order valence-electron chi connectivity index (χ4n) is 1.83. The third kappa shape index (κ3) is 2.55. The third-order valence-electron chi connectivity index (χ3n) is 2.75. The summed E-state index contributed by atoms with van der Waals surface area (Å²) in [5.41, 5.74) is 0. The lowest BCUT2D eigenvalue weighted by Crippen LogP contribution is -2.08. The van der Waals surface area contributed by atoms with Crippen LogP contribution >= 0.6 is 11.3 Å². The van der Waals surface area contributed by atoms with E-state index in [2.05, 4.69) is 30.7 Å². The van der Waals surface area contributed by atoms with E-state index >= 15 is 0 Å². The van der Waals surface area contributed by atoms with Crippen molar-refractivity contribution in [3.05, 3.63) is 23.2 Å². The van der Waals surface area contributed by atoms with Gasteiger partial charge in [0.2, 0.25) is 11.8 Å². The molecule has 3 rings (SSSR count). The van der Waals surface area contributed by atoms with Crippen molar-refractivity contribution in [1.82, 2.24) is 20.1 Å². The molecule has 0 spiro atoms. The Labute approximate surface area is 119 Å². The molecule has 3 heterocycles. The molecule has 0 unspecified atom stereocenters. The second kappa shape index (κ2) is 5.41. The number of aromatic nitrogens is 4. The third-order valence-corrected chi connectivity index (χ3v) is 3.56. The first kappa shape index (κ1) is 12.8. The van der Waals surface area contributed by atoms with Gasteiger partial charge in [0.25, 0.3) is 0 Å². The minimum absolute atomic E-state index is 0.607. The van der Waals surface area contributed by atoms with Crippen LogP contribution < -0.4 is 10.6 Å². The van der Waals surface area contributed by atoms with Crippen LogP contribution in [0.25, 0.3) is 10.2 Å². The zero-order valence-corrected chi connectivity index (χ0v) is 12.0. The molecule has 20 heavy (non-hydrogen) atoms. The van der Waals surface area contributed by atoms with Gasteiger partial charge in [-0.25, -0.2) is 4.98 Å². The number of nitrogens with one attached hydrogen (secondary N) is 2. The summed E-state index contributed by atoms with van der Waals surface area (Å²) in [5.74, 6) is 2.70. The summed E-state index contributed by atoms with van der Waals surface area (Å²) in [6, 6.07) is 2.01. The fraction of sp³-hybridized carbons (Fsp3) is 0.333. The number of fused-ring (bicyclic) bond motifs is 1. The molecule has 7 nitrogen and oxygen atoms in total. The highest BCUT2D eigenvalue weighted by Gasteiger charge is 2.08. The van der Waals surface area contributed by atoms with E-state index in [1.165, 1.54) is 0 Å². The maximum atomic E-state index is 5.08. The highest BCUT2D eigenvalue weighted by atomic mass is 32.1. The maximum Gasteiger partial charge on any atom is 0.228 e. The van der Waals surface area contributed by atoms with E-state index in [0.29, 0.717) is 30.6 Å². The van der Waals surface area contributed by atoms with E-state index in [9.17, 15) is 0 Å². The summed E-state index contributed by atoms with van der Waals surface area (Å²) in [6.07, 6.45) is 0.658. The molecular weight excluding hydrogens is 276 g/mol. The SMILES string of the molecule is CNc1nc(NCCc2nc(C)no2)c2ccsc2n1. The van der Waals surface area contributed by atoms with Gasteiger partial charge >= 0.3 is 0 Å². The van der Waals surface area contributed by atoms with Crippen LogP contribution in [0.3, 0.4) is 0 Å². The van der Waals surface area contributed by atoms with Crippen LogP contribution in [0.15, 0.2) is 16.0 Å². The molecule has 104 valence electrons. The normalized spacial score (nSPS) is 10.9. The number of thiophene rings is 1. The zero-order chi connectivity index (χ0) is 13.9. The molecule has 8 heteroatoms. The molecule has 3 aromatic heterocycles. The Kier molecular flexibility index (Phi) is 3.46. The van der Waals surface area contributed by atoms with Gasteiger partial charge in [-0.3, -0.25) is 0 Å². The van der Waals surface area contributed by atoms with Crippen molar-refractivity contribution in [1.29, 1.82) is 0 Å². The molecule has 2 N–H and O–H groups in total. The lowest BCUT2D eigenvalue weighted by molar-refractivity contribution is 0.377. The van der Waals surface area contributed by atoms with Crippen LogP contribution in [-0.2, 0) is 6.42 Å². The highest BCUT2D eigenvalue weighted by molar-refractivity contribution is 7.16. The maximum absolute atomic E-state index is 5.08. The van der Waals surface area contributed by atoms with Crippen LogP contribution in [0.4, 0.5) is 11.8 Å². The Hall–Kier alpha value is -2.22. The summed E-state index contributed by atoms with van der Waals surface area (Å²) in [4.78, 5) is 14.0. The van der Waals surface area contributed by atoms with Crippen LogP contribution in [0.5, 0.6) is 0 Å². The second-order valence-corrected chi connectivity index (χ2v) is 5.09. The number of hydrogen-bond acceptors (Lipinski definition) is 8. The Balaban J connectivity index is 1.74. The molecule has 0 aliphatic carbocycles. The highest BCUT2D eigenvalue weighted by Crippen LogP contribution is 2.26. The lowest BCUT2D eigenvalue weighted by Gasteiger charge is -2.07. The van der Waals surface area contributed by atoms with Crippen LogP contribution in [-0.4, -0.2) is 33.7 Å². The van der Waals surface area contributed by atoms with Gasteiger partial charge in [0.15, 0.2) is 5.82 Å². The summed E-state index contributed by atoms with van der Waals surface area (Å²) in [5, 5.41) is 13.1. The Bertz CT molecular complexity index is 722. The molecule has 0 radical (unpaired) electrons. The van der Waals surface area contributed by atoms with Crippen LogP contribution in [0, 0.1) is 6.92 Å². The molecule has 0 fully saturated rings. The number of rotatable bonds is 5. The van der Waals surface area contributed by atoms with Crippen molar-refractivity contribution >= 4 is 33.3 Å². The van der Waals surface area contributed by atoms with Crippen molar-refractivity contribution in [3.8, 4) is 0 Å². The van der Waals surface area contributed by atoms with Gasteiger partial charge in [-0.1, -0.05) is 5.16 Å². The molecule has 0 amide bonds. The summed E-state index contributed by atoms with van der Waals surface area (Å²) < 4.78 is 5.08. The van der Waals surface area contributed by atoms with Gasteiger partial charge in [-0.2, -0.15) is 9.97 Å². The quantitative estimate of drug-likeness (QED) is 0.743. The molecule has 0 aliphatic rings. The van der Waals surface area contributed by atoms with E-state index in [1.807, 2.05) is 11.4 Å². The van der Waals surface area contributed by atoms with Gasteiger partial charge < -0.3 is 15.2 Å². The van der Waals surface area contributed by atoms with Crippen LogP contribution in [0.1, 0.15) is 11.7 Å². The summed E-state index contributed by atoms with van der Waals surface area (Å²) >= 11 is 1.59. The van der Waals surface area contributed by atoms with E-state index in [1.54, 1.807) is 25.3 Å². The second-order valence-electron chi connectivity index (χ2n) is 4.20.